The van der Waals surface area contributed by atoms with Crippen molar-refractivity contribution >= 4 is 28.1 Å². The summed E-state index contributed by atoms with van der Waals surface area (Å²) < 4.78 is 11.8. The quantitative estimate of drug-likeness (QED) is 0.544. The van der Waals surface area contributed by atoms with E-state index in [-0.39, 0.29) is 11.7 Å². The number of carbonyl (C=O) groups is 1. The number of carbonyl (C=O) groups excluding carboxylic acids is 1. The van der Waals surface area contributed by atoms with E-state index in [0.29, 0.717) is 23.7 Å². The summed E-state index contributed by atoms with van der Waals surface area (Å²) in [6, 6.07) is 12.0. The standard InChI is InChI=1S/C18H19BrN2O4/c1-3-24-17-10-13(4-9-16(17)22)11-20-21-18(23)12(2)25-15-7-5-14(19)6-8-15/h4-12,22H,3H2,1-2H3,(H,21,23)/b20-11-/t12-/m1/s1. The van der Waals surface area contributed by atoms with Crippen LogP contribution in [-0.4, -0.2) is 29.9 Å². The minimum atomic E-state index is -0.697. The molecule has 2 rings (SSSR count). The Morgan fingerprint density at radius 1 is 1.32 bits per heavy atom. The molecule has 25 heavy (non-hydrogen) atoms. The Balaban J connectivity index is 1.91. The molecule has 0 heterocycles. The summed E-state index contributed by atoms with van der Waals surface area (Å²) in [5, 5.41) is 13.6. The molecule has 0 fully saturated rings. The van der Waals surface area contributed by atoms with Crippen LogP contribution in [-0.2, 0) is 4.79 Å². The van der Waals surface area contributed by atoms with Gasteiger partial charge >= 0.3 is 0 Å². The first-order valence-corrected chi connectivity index (χ1v) is 8.50. The third-order valence-electron chi connectivity index (χ3n) is 3.17. The molecule has 0 bridgehead atoms. The molecular weight excluding hydrogens is 388 g/mol. The van der Waals surface area contributed by atoms with Crippen LogP contribution in [0.15, 0.2) is 52.0 Å². The zero-order valence-electron chi connectivity index (χ0n) is 13.9. The smallest absolute Gasteiger partial charge is 0.280 e. The Morgan fingerprint density at radius 2 is 2.04 bits per heavy atom. The summed E-state index contributed by atoms with van der Waals surface area (Å²) in [6.07, 6.45) is 0.767. The number of ether oxygens (including phenoxy) is 2. The molecule has 0 spiro atoms. The zero-order valence-corrected chi connectivity index (χ0v) is 15.5. The Morgan fingerprint density at radius 3 is 2.72 bits per heavy atom. The maximum atomic E-state index is 12.0. The molecule has 0 aliphatic rings. The third-order valence-corrected chi connectivity index (χ3v) is 3.70. The highest BCUT2D eigenvalue weighted by Crippen LogP contribution is 2.26. The van der Waals surface area contributed by atoms with Gasteiger partial charge in [0.2, 0.25) is 0 Å². The van der Waals surface area contributed by atoms with Crippen LogP contribution in [0.25, 0.3) is 0 Å². The van der Waals surface area contributed by atoms with E-state index in [1.54, 1.807) is 31.2 Å². The van der Waals surface area contributed by atoms with Crippen molar-refractivity contribution < 1.29 is 19.4 Å². The highest BCUT2D eigenvalue weighted by Gasteiger charge is 2.13. The summed E-state index contributed by atoms with van der Waals surface area (Å²) in [6.45, 7) is 3.91. The number of rotatable bonds is 7. The highest BCUT2D eigenvalue weighted by atomic mass is 79.9. The molecule has 0 saturated carbocycles. The number of phenolic OH excluding ortho intramolecular Hbond substituents is 1. The lowest BCUT2D eigenvalue weighted by molar-refractivity contribution is -0.127. The lowest BCUT2D eigenvalue weighted by atomic mass is 10.2. The number of aromatic hydroxyl groups is 1. The topological polar surface area (TPSA) is 80.2 Å². The van der Waals surface area contributed by atoms with E-state index in [1.807, 2.05) is 19.1 Å². The molecule has 6 nitrogen and oxygen atoms in total. The SMILES string of the molecule is CCOc1cc(/C=N\NC(=O)[C@@H](C)Oc2ccc(Br)cc2)ccc1O. The van der Waals surface area contributed by atoms with Crippen molar-refractivity contribution in [3.63, 3.8) is 0 Å². The fourth-order valence-corrected chi connectivity index (χ4v) is 2.18. The maximum absolute atomic E-state index is 12.0. The molecule has 1 amide bonds. The number of hydrogen-bond donors (Lipinski definition) is 2. The van der Waals surface area contributed by atoms with Crippen molar-refractivity contribution in [3.8, 4) is 17.2 Å². The van der Waals surface area contributed by atoms with E-state index in [9.17, 15) is 9.90 Å². The van der Waals surface area contributed by atoms with Gasteiger partial charge in [-0.2, -0.15) is 5.10 Å². The third kappa shape index (κ3) is 5.79. The minimum absolute atomic E-state index is 0.0551. The second kappa shape index (κ2) is 9.08. The number of hydrogen-bond acceptors (Lipinski definition) is 5. The zero-order chi connectivity index (χ0) is 18.2. The largest absolute Gasteiger partial charge is 0.504 e. The summed E-state index contributed by atoms with van der Waals surface area (Å²) in [4.78, 5) is 12.0. The molecule has 0 aliphatic carbocycles. The van der Waals surface area contributed by atoms with Crippen LogP contribution < -0.4 is 14.9 Å². The molecule has 0 radical (unpaired) electrons. The summed E-state index contributed by atoms with van der Waals surface area (Å²) in [5.74, 6) is 0.641. The van der Waals surface area contributed by atoms with E-state index in [1.165, 1.54) is 12.3 Å². The first-order valence-electron chi connectivity index (χ1n) is 7.70. The molecule has 2 aromatic carbocycles. The summed E-state index contributed by atoms with van der Waals surface area (Å²) in [7, 11) is 0. The minimum Gasteiger partial charge on any atom is -0.504 e. The van der Waals surface area contributed by atoms with Gasteiger partial charge in [-0.05, 0) is 61.9 Å². The van der Waals surface area contributed by atoms with Gasteiger partial charge in [-0.1, -0.05) is 15.9 Å². The van der Waals surface area contributed by atoms with Gasteiger partial charge in [0, 0.05) is 4.47 Å². The van der Waals surface area contributed by atoms with Gasteiger partial charge in [0.05, 0.1) is 12.8 Å². The molecule has 7 heteroatoms. The van der Waals surface area contributed by atoms with Crippen LogP contribution in [0.1, 0.15) is 19.4 Å². The Kier molecular flexibility index (Phi) is 6.82. The Bertz CT molecular complexity index is 747. The van der Waals surface area contributed by atoms with Gasteiger partial charge < -0.3 is 14.6 Å². The number of benzene rings is 2. The highest BCUT2D eigenvalue weighted by molar-refractivity contribution is 9.10. The van der Waals surface area contributed by atoms with Crippen LogP contribution in [0.2, 0.25) is 0 Å². The average molecular weight is 407 g/mol. The Labute approximate surface area is 154 Å². The molecule has 132 valence electrons. The van der Waals surface area contributed by atoms with E-state index in [4.69, 9.17) is 9.47 Å². The monoisotopic (exact) mass is 406 g/mol. The van der Waals surface area contributed by atoms with Crippen molar-refractivity contribution in [2.24, 2.45) is 5.10 Å². The predicted octanol–water partition coefficient (Wildman–Crippen LogP) is 3.47. The van der Waals surface area contributed by atoms with E-state index < -0.39 is 6.10 Å². The normalized spacial score (nSPS) is 12.0. The average Bonchev–Trinajstić information content (AvgIpc) is 2.59. The number of halogens is 1. The molecule has 0 saturated heterocycles. The lowest BCUT2D eigenvalue weighted by Crippen LogP contribution is -2.33. The number of phenols is 1. The lowest BCUT2D eigenvalue weighted by Gasteiger charge is -2.12. The fourth-order valence-electron chi connectivity index (χ4n) is 1.91. The Hall–Kier alpha value is -2.54. The van der Waals surface area contributed by atoms with E-state index in [0.717, 1.165) is 4.47 Å². The second-order valence-electron chi connectivity index (χ2n) is 5.11. The summed E-state index contributed by atoms with van der Waals surface area (Å²) >= 11 is 3.34. The van der Waals surface area contributed by atoms with Gasteiger partial charge in [-0.3, -0.25) is 4.79 Å². The van der Waals surface area contributed by atoms with Crippen LogP contribution in [0, 0.1) is 0 Å². The maximum Gasteiger partial charge on any atom is 0.280 e. The van der Waals surface area contributed by atoms with Crippen molar-refractivity contribution in [3.05, 3.63) is 52.5 Å². The van der Waals surface area contributed by atoms with Gasteiger partial charge in [-0.15, -0.1) is 0 Å². The number of nitrogens with zero attached hydrogens (tertiary/aromatic N) is 1. The molecule has 2 N–H and O–H groups in total. The van der Waals surface area contributed by atoms with Crippen molar-refractivity contribution in [2.45, 2.75) is 20.0 Å². The fraction of sp³-hybridized carbons (Fsp3) is 0.222. The predicted molar refractivity (Wildman–Crippen MR) is 99.2 cm³/mol. The number of hydrazone groups is 1. The first kappa shape index (κ1) is 18.8. The molecular formula is C18H19BrN2O4. The molecule has 0 aromatic heterocycles. The van der Waals surface area contributed by atoms with Gasteiger partial charge in [-0.25, -0.2) is 5.43 Å². The molecule has 0 unspecified atom stereocenters. The number of nitrogens with one attached hydrogen (secondary N) is 1. The van der Waals surface area contributed by atoms with E-state index in [2.05, 4.69) is 26.5 Å². The molecule has 0 aliphatic heterocycles. The number of amides is 1. The van der Waals surface area contributed by atoms with Crippen molar-refractivity contribution in [2.75, 3.05) is 6.61 Å². The van der Waals surface area contributed by atoms with Crippen LogP contribution >= 0.6 is 15.9 Å². The molecule has 1 atom stereocenters. The van der Waals surface area contributed by atoms with Gasteiger partial charge in [0.1, 0.15) is 5.75 Å². The van der Waals surface area contributed by atoms with Crippen LogP contribution in [0.3, 0.4) is 0 Å². The van der Waals surface area contributed by atoms with Crippen molar-refractivity contribution in [1.82, 2.24) is 5.43 Å². The van der Waals surface area contributed by atoms with Crippen LogP contribution in [0.4, 0.5) is 0 Å². The molecule has 2 aromatic rings. The van der Waals surface area contributed by atoms with Crippen molar-refractivity contribution in [1.29, 1.82) is 0 Å². The van der Waals surface area contributed by atoms with Crippen LogP contribution in [0.5, 0.6) is 17.2 Å². The van der Waals surface area contributed by atoms with E-state index >= 15 is 0 Å². The first-order chi connectivity index (χ1) is 12.0. The van der Waals surface area contributed by atoms with Gasteiger partial charge in [0.25, 0.3) is 5.91 Å². The summed E-state index contributed by atoms with van der Waals surface area (Å²) in [5.41, 5.74) is 3.10. The van der Waals surface area contributed by atoms with Gasteiger partial charge in [0.15, 0.2) is 17.6 Å². The second-order valence-corrected chi connectivity index (χ2v) is 6.02.